The van der Waals surface area contributed by atoms with E-state index in [0.29, 0.717) is 4.47 Å². The number of sulfonamides is 1. The highest BCUT2D eigenvalue weighted by molar-refractivity contribution is 9.10. The fraction of sp³-hybridized carbons (Fsp3) is 0. The highest BCUT2D eigenvalue weighted by Crippen LogP contribution is 2.23. The van der Waals surface area contributed by atoms with Crippen molar-refractivity contribution in [2.45, 2.75) is 4.90 Å². The maximum Gasteiger partial charge on any atom is 0.353 e. The highest BCUT2D eigenvalue weighted by atomic mass is 79.9. The Morgan fingerprint density at radius 2 is 2.05 bits per heavy atom. The Hall–Kier alpha value is -1.87. The number of aromatic amines is 1. The number of aromatic carboxylic acids is 1. The van der Waals surface area contributed by atoms with Gasteiger partial charge in [-0.1, -0.05) is 12.1 Å². The van der Waals surface area contributed by atoms with Gasteiger partial charge in [-0.25, -0.2) is 13.2 Å². The highest BCUT2D eigenvalue weighted by Gasteiger charge is 2.19. The summed E-state index contributed by atoms with van der Waals surface area (Å²) < 4.78 is 26.7. The Morgan fingerprint density at radius 3 is 2.63 bits per heavy atom. The van der Waals surface area contributed by atoms with Gasteiger partial charge in [0.25, 0.3) is 10.0 Å². The lowest BCUT2D eigenvalue weighted by Gasteiger charge is -2.06. The summed E-state index contributed by atoms with van der Waals surface area (Å²) in [6.07, 6.45) is 0. The normalized spacial score (nSPS) is 11.2. The second-order valence-electron chi connectivity index (χ2n) is 3.51. The number of benzene rings is 1. The number of H-pyrrole nitrogens is 1. The van der Waals surface area contributed by atoms with Crippen LogP contribution in [0.1, 0.15) is 10.5 Å². The summed E-state index contributed by atoms with van der Waals surface area (Å²) >= 11 is 3.13. The van der Waals surface area contributed by atoms with Gasteiger partial charge in [0.2, 0.25) is 0 Å². The second-order valence-corrected chi connectivity index (χ2v) is 6.01. The van der Waals surface area contributed by atoms with Crippen LogP contribution in [-0.4, -0.2) is 29.7 Å². The van der Waals surface area contributed by atoms with E-state index >= 15 is 0 Å². The zero-order chi connectivity index (χ0) is 14.0. The van der Waals surface area contributed by atoms with E-state index in [4.69, 9.17) is 5.11 Å². The second kappa shape index (κ2) is 5.02. The third kappa shape index (κ3) is 2.93. The van der Waals surface area contributed by atoms with Crippen LogP contribution in [0.5, 0.6) is 0 Å². The van der Waals surface area contributed by atoms with Gasteiger partial charge in [0.15, 0.2) is 5.82 Å². The third-order valence-corrected chi connectivity index (χ3v) is 4.54. The van der Waals surface area contributed by atoms with Crippen LogP contribution in [0.15, 0.2) is 39.7 Å². The lowest BCUT2D eigenvalue weighted by atomic mass is 10.4. The van der Waals surface area contributed by atoms with E-state index in [2.05, 4.69) is 30.8 Å². The molecular formula is C10H8BrN3O4S. The van der Waals surface area contributed by atoms with Gasteiger partial charge in [0.1, 0.15) is 10.6 Å². The molecule has 1 heterocycles. The summed E-state index contributed by atoms with van der Waals surface area (Å²) in [7, 11) is -3.83. The molecule has 0 saturated heterocycles. The number of nitrogens with zero attached hydrogens (tertiary/aromatic N) is 1. The summed E-state index contributed by atoms with van der Waals surface area (Å²) in [5.74, 6) is -1.31. The number of halogens is 1. The molecule has 0 aliphatic rings. The molecule has 0 atom stereocenters. The number of nitrogens with one attached hydrogen (secondary N) is 2. The maximum atomic E-state index is 12.1. The molecule has 100 valence electrons. The minimum atomic E-state index is -3.83. The summed E-state index contributed by atoms with van der Waals surface area (Å²) in [6.45, 7) is 0. The van der Waals surface area contributed by atoms with Crippen molar-refractivity contribution < 1.29 is 18.3 Å². The van der Waals surface area contributed by atoms with Crippen molar-refractivity contribution in [3.63, 3.8) is 0 Å². The molecule has 2 aromatic rings. The molecular weight excluding hydrogens is 338 g/mol. The van der Waals surface area contributed by atoms with Crippen molar-refractivity contribution in [2.75, 3.05) is 4.72 Å². The smallest absolute Gasteiger partial charge is 0.353 e. The number of carbonyl (C=O) groups is 1. The van der Waals surface area contributed by atoms with Crippen LogP contribution in [0.2, 0.25) is 0 Å². The number of aromatic nitrogens is 2. The monoisotopic (exact) mass is 345 g/mol. The number of carboxylic acid groups (broad SMARTS) is 1. The molecule has 7 nitrogen and oxygen atoms in total. The molecule has 0 saturated carbocycles. The summed E-state index contributed by atoms with van der Waals surface area (Å²) in [5, 5.41) is 14.5. The molecule has 0 aliphatic carbocycles. The van der Waals surface area contributed by atoms with Crippen molar-refractivity contribution in [1.82, 2.24) is 10.2 Å². The number of anilines is 1. The molecule has 3 N–H and O–H groups in total. The van der Waals surface area contributed by atoms with Gasteiger partial charge in [-0.2, -0.15) is 5.10 Å². The number of hydrogen-bond donors (Lipinski definition) is 3. The Balaban J connectivity index is 2.31. The standard InChI is InChI=1S/C10H8BrN3O4S/c11-6-3-1-2-4-8(6)19(17,18)14-9-5-7(10(15)16)12-13-9/h1-5H,(H,15,16)(H2,12,13,14). The molecule has 1 aromatic heterocycles. The molecule has 0 radical (unpaired) electrons. The van der Waals surface area contributed by atoms with E-state index in [1.54, 1.807) is 18.2 Å². The Kier molecular flexibility index (Phi) is 3.58. The van der Waals surface area contributed by atoms with Crippen molar-refractivity contribution >= 4 is 37.7 Å². The van der Waals surface area contributed by atoms with Crippen LogP contribution < -0.4 is 4.72 Å². The molecule has 0 unspecified atom stereocenters. The van der Waals surface area contributed by atoms with Crippen molar-refractivity contribution in [3.8, 4) is 0 Å². The van der Waals surface area contributed by atoms with Gasteiger partial charge >= 0.3 is 5.97 Å². The number of carboxylic acids is 1. The van der Waals surface area contributed by atoms with E-state index in [-0.39, 0.29) is 16.4 Å². The van der Waals surface area contributed by atoms with E-state index in [1.807, 2.05) is 0 Å². The zero-order valence-electron chi connectivity index (χ0n) is 9.29. The Bertz CT molecular complexity index is 726. The number of rotatable bonds is 4. The SMILES string of the molecule is O=C(O)c1cc(NS(=O)(=O)c2ccccc2Br)n[nH]1. The summed E-state index contributed by atoms with van der Waals surface area (Å²) in [6, 6.07) is 7.35. The average molecular weight is 346 g/mol. The van der Waals surface area contributed by atoms with Crippen LogP contribution in [0.3, 0.4) is 0 Å². The van der Waals surface area contributed by atoms with Gasteiger partial charge < -0.3 is 5.11 Å². The molecule has 9 heteroatoms. The molecule has 0 spiro atoms. The van der Waals surface area contributed by atoms with Crippen LogP contribution in [0.4, 0.5) is 5.82 Å². The van der Waals surface area contributed by atoms with E-state index < -0.39 is 16.0 Å². The minimum absolute atomic E-state index is 0.0369. The third-order valence-electron chi connectivity index (χ3n) is 2.17. The largest absolute Gasteiger partial charge is 0.477 e. The number of hydrogen-bond acceptors (Lipinski definition) is 4. The first-order chi connectivity index (χ1) is 8.90. The Morgan fingerprint density at radius 1 is 1.37 bits per heavy atom. The van der Waals surface area contributed by atoms with Crippen molar-refractivity contribution in [1.29, 1.82) is 0 Å². The maximum absolute atomic E-state index is 12.1. The van der Waals surface area contributed by atoms with Gasteiger partial charge in [-0.05, 0) is 28.1 Å². The van der Waals surface area contributed by atoms with Crippen LogP contribution >= 0.6 is 15.9 Å². The van der Waals surface area contributed by atoms with Gasteiger partial charge in [-0.3, -0.25) is 9.82 Å². The van der Waals surface area contributed by atoms with Crippen LogP contribution in [0.25, 0.3) is 0 Å². The molecule has 0 amide bonds. The summed E-state index contributed by atoms with van der Waals surface area (Å²) in [4.78, 5) is 10.7. The van der Waals surface area contributed by atoms with E-state index in [1.165, 1.54) is 6.07 Å². The van der Waals surface area contributed by atoms with E-state index in [9.17, 15) is 13.2 Å². The Labute approximate surface area is 116 Å². The van der Waals surface area contributed by atoms with Crippen LogP contribution in [0, 0.1) is 0 Å². The predicted octanol–water partition coefficient (Wildman–Crippen LogP) is 1.67. The lowest BCUT2D eigenvalue weighted by molar-refractivity contribution is 0.0690. The quantitative estimate of drug-likeness (QED) is 0.780. The van der Waals surface area contributed by atoms with Crippen molar-refractivity contribution in [2.24, 2.45) is 0 Å². The molecule has 0 fully saturated rings. The van der Waals surface area contributed by atoms with Crippen LogP contribution in [-0.2, 0) is 10.0 Å². The predicted molar refractivity (Wildman–Crippen MR) is 70.5 cm³/mol. The zero-order valence-corrected chi connectivity index (χ0v) is 11.7. The topological polar surface area (TPSA) is 112 Å². The van der Waals surface area contributed by atoms with E-state index in [0.717, 1.165) is 6.07 Å². The van der Waals surface area contributed by atoms with Gasteiger partial charge in [0.05, 0.1) is 0 Å². The first-order valence-electron chi connectivity index (χ1n) is 4.96. The first-order valence-corrected chi connectivity index (χ1v) is 7.24. The fourth-order valence-corrected chi connectivity index (χ4v) is 3.34. The molecule has 1 aromatic carbocycles. The minimum Gasteiger partial charge on any atom is -0.477 e. The average Bonchev–Trinajstić information content (AvgIpc) is 2.77. The molecule has 19 heavy (non-hydrogen) atoms. The van der Waals surface area contributed by atoms with Gasteiger partial charge in [0, 0.05) is 10.5 Å². The van der Waals surface area contributed by atoms with Gasteiger partial charge in [-0.15, -0.1) is 0 Å². The summed E-state index contributed by atoms with van der Waals surface area (Å²) in [5.41, 5.74) is -0.204. The molecule has 2 rings (SSSR count). The molecule has 0 aliphatic heterocycles. The first kappa shape index (κ1) is 13.6. The molecule has 0 bridgehead atoms. The fourth-order valence-electron chi connectivity index (χ4n) is 1.34. The van der Waals surface area contributed by atoms with Crippen molar-refractivity contribution in [3.05, 3.63) is 40.5 Å². The lowest BCUT2D eigenvalue weighted by Crippen LogP contribution is -2.13.